The first-order valence-corrected chi connectivity index (χ1v) is 20.1. The summed E-state index contributed by atoms with van der Waals surface area (Å²) < 4.78 is 2.41. The number of aliphatic imine (C=N–C) groups is 1. The molecule has 1 heterocycles. The average molecular weight is 743 g/mol. The molecule has 1 aromatic heterocycles. The second-order valence-corrected chi connectivity index (χ2v) is 15.6. The fraction of sp³-hybridized carbons (Fsp3) is 0. The predicted octanol–water partition coefficient (Wildman–Crippen LogP) is 15.0. The van der Waals surface area contributed by atoms with Crippen LogP contribution in [0.1, 0.15) is 16.7 Å². The Bertz CT molecular complexity index is 3420. The molecular formula is C54H34N2S. The molecule has 2 nitrogen and oxygen atoms in total. The van der Waals surface area contributed by atoms with Crippen LogP contribution in [0.3, 0.4) is 0 Å². The van der Waals surface area contributed by atoms with Crippen LogP contribution >= 0.6 is 11.3 Å². The van der Waals surface area contributed by atoms with Crippen molar-refractivity contribution in [3.8, 4) is 11.1 Å². The molecule has 3 heteroatoms. The number of nitrogens with one attached hydrogen (secondary N) is 1. The van der Waals surface area contributed by atoms with Gasteiger partial charge in [0, 0.05) is 31.3 Å². The lowest BCUT2D eigenvalue weighted by Gasteiger charge is -2.20. The number of thiophene rings is 1. The number of benzene rings is 10. The van der Waals surface area contributed by atoms with Gasteiger partial charge in [-0.1, -0.05) is 182 Å². The van der Waals surface area contributed by atoms with Crippen LogP contribution in [-0.2, 0) is 0 Å². The fourth-order valence-electron chi connectivity index (χ4n) is 8.78. The van der Waals surface area contributed by atoms with Gasteiger partial charge in [-0.25, -0.2) is 4.99 Å². The Kier molecular flexibility index (Phi) is 7.87. The highest BCUT2D eigenvalue weighted by Crippen LogP contribution is 2.46. The normalized spacial score (nSPS) is 12.3. The third-order valence-corrected chi connectivity index (χ3v) is 12.6. The van der Waals surface area contributed by atoms with Gasteiger partial charge in [0.1, 0.15) is 0 Å². The lowest BCUT2D eigenvalue weighted by Crippen LogP contribution is -2.04. The minimum absolute atomic E-state index is 0.230. The number of allylic oxidation sites excluding steroid dienone is 1. The largest absolute Gasteiger partial charge is 0.282 e. The molecule has 11 rings (SSSR count). The van der Waals surface area contributed by atoms with Crippen molar-refractivity contribution >= 4 is 103 Å². The highest BCUT2D eigenvalue weighted by molar-refractivity contribution is 7.26. The predicted molar refractivity (Wildman–Crippen MR) is 248 cm³/mol. The van der Waals surface area contributed by atoms with Crippen LogP contribution in [0.2, 0.25) is 0 Å². The summed E-state index contributed by atoms with van der Waals surface area (Å²) >= 11 is 1.78. The highest BCUT2D eigenvalue weighted by atomic mass is 32.1. The standard InChI is InChI=1S/C54H34N2S/c55-54(35-16-2-1-3-17-35)56-49(47-27-14-26-46-42-23-12-13-28-50(42)57-53(46)47)32-31-41-39-21-8-10-24-43(39)52(44-25-11-9-22-40(41)44)51-38-20-7-5-18-36(38)33-48-37-19-6-4-15-34(37)29-30-45(48)51/h1-33,55H/b32-31+,55-54?,56-49?. The van der Waals surface area contributed by atoms with E-state index in [9.17, 15) is 0 Å². The number of hydrogen-bond acceptors (Lipinski definition) is 2. The molecule has 0 fully saturated rings. The molecule has 0 spiro atoms. The molecule has 11 aromatic rings. The third kappa shape index (κ3) is 5.47. The lowest BCUT2D eigenvalue weighted by molar-refractivity contribution is 1.42. The van der Waals surface area contributed by atoms with Crippen molar-refractivity contribution in [1.29, 1.82) is 5.41 Å². The molecule has 1 N–H and O–H groups in total. The second kappa shape index (κ2) is 13.5. The van der Waals surface area contributed by atoms with Crippen LogP contribution in [0, 0.1) is 5.41 Å². The van der Waals surface area contributed by atoms with Gasteiger partial charge in [-0.15, -0.1) is 11.3 Å². The maximum Gasteiger partial charge on any atom is 0.152 e. The van der Waals surface area contributed by atoms with Gasteiger partial charge in [0.05, 0.1) is 5.71 Å². The van der Waals surface area contributed by atoms with Crippen molar-refractivity contribution in [2.45, 2.75) is 0 Å². The zero-order valence-electron chi connectivity index (χ0n) is 30.9. The first kappa shape index (κ1) is 33.2. The summed E-state index contributed by atoms with van der Waals surface area (Å²) in [6, 6.07) is 67.0. The van der Waals surface area contributed by atoms with Crippen molar-refractivity contribution in [2.75, 3.05) is 0 Å². The Morgan fingerprint density at radius 3 is 1.75 bits per heavy atom. The molecule has 0 atom stereocenters. The van der Waals surface area contributed by atoms with Crippen molar-refractivity contribution < 1.29 is 0 Å². The van der Waals surface area contributed by atoms with E-state index in [1.807, 2.05) is 30.3 Å². The topological polar surface area (TPSA) is 36.2 Å². The molecule has 0 aliphatic rings. The molecule has 0 aliphatic carbocycles. The van der Waals surface area contributed by atoms with Crippen molar-refractivity contribution in [1.82, 2.24) is 0 Å². The zero-order valence-corrected chi connectivity index (χ0v) is 31.7. The zero-order chi connectivity index (χ0) is 37.9. The van der Waals surface area contributed by atoms with E-state index >= 15 is 0 Å². The average Bonchev–Trinajstić information content (AvgIpc) is 3.66. The molecule has 0 amide bonds. The van der Waals surface area contributed by atoms with E-state index in [-0.39, 0.29) is 5.84 Å². The summed E-state index contributed by atoms with van der Waals surface area (Å²) in [4.78, 5) is 5.09. The summed E-state index contributed by atoms with van der Waals surface area (Å²) in [7, 11) is 0. The van der Waals surface area contributed by atoms with E-state index < -0.39 is 0 Å². The fourth-order valence-corrected chi connectivity index (χ4v) is 10.0. The molecule has 0 bridgehead atoms. The van der Waals surface area contributed by atoms with E-state index in [1.54, 1.807) is 11.3 Å². The van der Waals surface area contributed by atoms with Crippen molar-refractivity contribution in [3.05, 3.63) is 211 Å². The van der Waals surface area contributed by atoms with Crippen LogP contribution in [0.15, 0.2) is 199 Å². The minimum atomic E-state index is 0.230. The number of amidine groups is 1. The summed E-state index contributed by atoms with van der Waals surface area (Å²) in [6.07, 6.45) is 4.36. The van der Waals surface area contributed by atoms with Gasteiger partial charge in [-0.2, -0.15) is 0 Å². The van der Waals surface area contributed by atoms with Gasteiger partial charge in [-0.3, -0.25) is 5.41 Å². The molecule has 57 heavy (non-hydrogen) atoms. The number of fused-ring (bicyclic) bond motifs is 9. The van der Waals surface area contributed by atoms with Gasteiger partial charge in [0.15, 0.2) is 5.84 Å². The second-order valence-electron chi connectivity index (χ2n) is 14.6. The molecular weight excluding hydrogens is 709 g/mol. The smallest absolute Gasteiger partial charge is 0.152 e. The van der Waals surface area contributed by atoms with Gasteiger partial charge in [-0.05, 0) is 88.8 Å². The number of nitrogens with zero attached hydrogens (tertiary/aromatic N) is 1. The third-order valence-electron chi connectivity index (χ3n) is 11.4. The number of hydrogen-bond donors (Lipinski definition) is 1. The molecule has 0 saturated carbocycles. The Morgan fingerprint density at radius 2 is 1.00 bits per heavy atom. The summed E-state index contributed by atoms with van der Waals surface area (Å²) in [5.41, 5.74) is 6.18. The van der Waals surface area contributed by atoms with E-state index in [2.05, 4.69) is 170 Å². The van der Waals surface area contributed by atoms with Crippen LogP contribution in [0.25, 0.3) is 91.2 Å². The molecule has 266 valence electrons. The lowest BCUT2D eigenvalue weighted by atomic mass is 9.83. The molecule has 0 unspecified atom stereocenters. The van der Waals surface area contributed by atoms with Gasteiger partial charge in [0.25, 0.3) is 0 Å². The van der Waals surface area contributed by atoms with E-state index in [4.69, 9.17) is 10.4 Å². The maximum absolute atomic E-state index is 9.16. The monoisotopic (exact) mass is 742 g/mol. The Hall–Kier alpha value is -7.20. The van der Waals surface area contributed by atoms with E-state index in [0.717, 1.165) is 22.4 Å². The maximum atomic E-state index is 9.16. The van der Waals surface area contributed by atoms with Crippen LogP contribution in [0.5, 0.6) is 0 Å². The minimum Gasteiger partial charge on any atom is -0.282 e. The first-order chi connectivity index (χ1) is 28.2. The molecule has 10 aromatic carbocycles. The summed E-state index contributed by atoms with van der Waals surface area (Å²) in [5.74, 6) is 0.230. The Labute approximate surface area is 333 Å². The van der Waals surface area contributed by atoms with Gasteiger partial charge in [0.2, 0.25) is 0 Å². The highest BCUT2D eigenvalue weighted by Gasteiger charge is 2.20. The van der Waals surface area contributed by atoms with Gasteiger partial charge >= 0.3 is 0 Å². The van der Waals surface area contributed by atoms with E-state index in [0.29, 0.717) is 0 Å². The number of rotatable bonds is 5. The molecule has 0 radical (unpaired) electrons. The van der Waals surface area contributed by atoms with Crippen molar-refractivity contribution in [2.24, 2.45) is 4.99 Å². The SMILES string of the molecule is N=C(N=C(/C=C/c1c2ccccc2c(-c2c3ccccc3cc3c2ccc2ccccc23)c2ccccc12)c1cccc2c1sc1ccccc12)c1ccccc1. The summed E-state index contributed by atoms with van der Waals surface area (Å²) in [6.45, 7) is 0. The first-order valence-electron chi connectivity index (χ1n) is 19.3. The van der Waals surface area contributed by atoms with Crippen LogP contribution < -0.4 is 0 Å². The Balaban J connectivity index is 1.19. The van der Waals surface area contributed by atoms with Crippen molar-refractivity contribution in [3.63, 3.8) is 0 Å². The van der Waals surface area contributed by atoms with Crippen LogP contribution in [0.4, 0.5) is 0 Å². The quantitative estimate of drug-likeness (QED) is 0.0789. The summed E-state index contributed by atoms with van der Waals surface area (Å²) in [5, 5.41) is 23.8. The molecule has 0 saturated heterocycles. The van der Waals surface area contributed by atoms with E-state index in [1.165, 1.54) is 85.2 Å². The molecule has 0 aliphatic heterocycles. The van der Waals surface area contributed by atoms with Gasteiger partial charge < -0.3 is 0 Å². The van der Waals surface area contributed by atoms with Crippen LogP contribution in [-0.4, -0.2) is 11.5 Å². The Morgan fingerprint density at radius 1 is 0.439 bits per heavy atom.